The van der Waals surface area contributed by atoms with Crippen LogP contribution in [0.3, 0.4) is 0 Å². The fourth-order valence-electron chi connectivity index (χ4n) is 5.40. The predicted octanol–water partition coefficient (Wildman–Crippen LogP) is 9.87. The molecule has 0 radical (unpaired) electrons. The lowest BCUT2D eigenvalue weighted by molar-refractivity contribution is -0.138. The van der Waals surface area contributed by atoms with Gasteiger partial charge in [-0.05, 0) is 74.2 Å². The Morgan fingerprint density at radius 3 is 1.39 bits per heavy atom. The SMILES string of the molecule is C=CC(=O)OCCCCCCCCCCCOCC#Cc1ccc(C#CC(=O)Oc2ccc(OCCCCCCCCCCCOC(=O)C=C)cc2)cc1. The zero-order valence-corrected chi connectivity index (χ0v) is 32.2. The van der Waals surface area contributed by atoms with Crippen LogP contribution in [0.1, 0.15) is 127 Å². The molecule has 8 nitrogen and oxygen atoms in total. The lowest BCUT2D eigenvalue weighted by Crippen LogP contribution is -2.04. The number of hydrogen-bond donors (Lipinski definition) is 0. The van der Waals surface area contributed by atoms with Crippen LogP contribution in [0.4, 0.5) is 0 Å². The zero-order valence-electron chi connectivity index (χ0n) is 32.2. The molecule has 0 spiro atoms. The first kappa shape index (κ1) is 45.4. The molecule has 0 amide bonds. The summed E-state index contributed by atoms with van der Waals surface area (Å²) in [6, 6.07) is 14.4. The largest absolute Gasteiger partial charge is 0.494 e. The van der Waals surface area contributed by atoms with Crippen LogP contribution in [0.15, 0.2) is 73.8 Å². The number of carbonyl (C=O) groups is 3. The molecule has 2 rings (SSSR count). The zero-order chi connectivity index (χ0) is 38.7. The number of rotatable bonds is 29. The van der Waals surface area contributed by atoms with E-state index in [2.05, 4.69) is 36.8 Å². The van der Waals surface area contributed by atoms with Gasteiger partial charge < -0.3 is 23.7 Å². The molecule has 0 N–H and O–H groups in total. The number of unbranched alkanes of at least 4 members (excludes halogenated alkanes) is 16. The highest BCUT2D eigenvalue weighted by molar-refractivity contribution is 5.90. The summed E-state index contributed by atoms with van der Waals surface area (Å²) in [5.41, 5.74) is 1.56. The van der Waals surface area contributed by atoms with E-state index in [1.165, 1.54) is 76.4 Å². The number of ether oxygens (including phenoxy) is 5. The van der Waals surface area contributed by atoms with Crippen molar-refractivity contribution in [1.29, 1.82) is 0 Å². The fourth-order valence-corrected chi connectivity index (χ4v) is 5.40. The van der Waals surface area contributed by atoms with Gasteiger partial charge in [-0.3, -0.25) is 0 Å². The van der Waals surface area contributed by atoms with Gasteiger partial charge in [0, 0.05) is 35.8 Å². The second-order valence-electron chi connectivity index (χ2n) is 13.0. The molecular formula is C46H60O8. The number of esters is 3. The monoisotopic (exact) mass is 740 g/mol. The third kappa shape index (κ3) is 25.2. The summed E-state index contributed by atoms with van der Waals surface area (Å²) in [4.78, 5) is 34.2. The van der Waals surface area contributed by atoms with Gasteiger partial charge in [0.05, 0.1) is 19.8 Å². The minimum Gasteiger partial charge on any atom is -0.494 e. The molecule has 0 heterocycles. The molecule has 8 heteroatoms. The molecule has 0 aromatic heterocycles. The topological polar surface area (TPSA) is 97.4 Å². The van der Waals surface area contributed by atoms with Gasteiger partial charge in [-0.1, -0.05) is 121 Å². The Kier molecular flexibility index (Phi) is 26.6. The average molecular weight is 741 g/mol. The highest BCUT2D eigenvalue weighted by Crippen LogP contribution is 2.18. The van der Waals surface area contributed by atoms with Gasteiger partial charge in [0.25, 0.3) is 0 Å². The van der Waals surface area contributed by atoms with E-state index in [0.717, 1.165) is 62.7 Å². The molecule has 54 heavy (non-hydrogen) atoms. The first-order valence-electron chi connectivity index (χ1n) is 19.7. The van der Waals surface area contributed by atoms with Gasteiger partial charge in [0.15, 0.2) is 0 Å². The smallest absolute Gasteiger partial charge is 0.390 e. The summed E-state index contributed by atoms with van der Waals surface area (Å²) >= 11 is 0. The Labute approximate surface area is 324 Å². The van der Waals surface area contributed by atoms with Crippen molar-refractivity contribution in [3.63, 3.8) is 0 Å². The highest BCUT2D eigenvalue weighted by atomic mass is 16.5. The van der Waals surface area contributed by atoms with E-state index in [4.69, 9.17) is 23.7 Å². The number of benzene rings is 2. The van der Waals surface area contributed by atoms with E-state index in [0.29, 0.717) is 44.3 Å². The second-order valence-corrected chi connectivity index (χ2v) is 13.0. The summed E-state index contributed by atoms with van der Waals surface area (Å²) in [5, 5.41) is 0. The molecule has 0 aliphatic carbocycles. The predicted molar refractivity (Wildman–Crippen MR) is 214 cm³/mol. The molecule has 0 aliphatic heterocycles. The van der Waals surface area contributed by atoms with E-state index in [-0.39, 0.29) is 11.9 Å². The lowest BCUT2D eigenvalue weighted by Gasteiger charge is -2.07. The molecule has 0 saturated heterocycles. The van der Waals surface area contributed by atoms with E-state index in [1.807, 2.05) is 24.3 Å². The van der Waals surface area contributed by atoms with Crippen molar-refractivity contribution in [3.05, 3.63) is 85.0 Å². The van der Waals surface area contributed by atoms with E-state index in [1.54, 1.807) is 24.3 Å². The van der Waals surface area contributed by atoms with E-state index >= 15 is 0 Å². The van der Waals surface area contributed by atoms with Crippen LogP contribution in [-0.4, -0.2) is 50.9 Å². The van der Waals surface area contributed by atoms with Crippen LogP contribution >= 0.6 is 0 Å². The molecule has 0 saturated carbocycles. The molecule has 292 valence electrons. The average Bonchev–Trinajstić information content (AvgIpc) is 3.19. The normalized spacial score (nSPS) is 10.2. The minimum atomic E-state index is -0.629. The summed E-state index contributed by atoms with van der Waals surface area (Å²) in [6.07, 6.45) is 22.8. The van der Waals surface area contributed by atoms with Crippen molar-refractivity contribution in [3.8, 4) is 35.2 Å². The molecule has 0 fully saturated rings. The van der Waals surface area contributed by atoms with Crippen molar-refractivity contribution in [2.45, 2.75) is 116 Å². The number of carbonyl (C=O) groups excluding carboxylic acids is 3. The molecule has 0 unspecified atom stereocenters. The highest BCUT2D eigenvalue weighted by Gasteiger charge is 2.03. The molecular weight excluding hydrogens is 680 g/mol. The van der Waals surface area contributed by atoms with Crippen molar-refractivity contribution >= 4 is 17.9 Å². The van der Waals surface area contributed by atoms with Gasteiger partial charge in [-0.25, -0.2) is 14.4 Å². The summed E-state index contributed by atoms with van der Waals surface area (Å²) in [6.45, 7) is 9.50. The standard InChI is InChI=1S/C46H60O8/c1-3-44(47)52-38-21-17-13-9-5-7-11-15-19-35-50-36-23-24-40-25-27-41(28-26-40)29-34-46(49)54-43-32-30-42(31-33-43)51-37-20-16-12-8-6-10-14-18-22-39-53-45(48)4-2/h3-4,25-28,30-33H,1-2,5-22,35-39H2. The summed E-state index contributed by atoms with van der Waals surface area (Å²) in [7, 11) is 0. The van der Waals surface area contributed by atoms with Crippen LogP contribution < -0.4 is 9.47 Å². The van der Waals surface area contributed by atoms with Gasteiger partial charge >= 0.3 is 17.9 Å². The van der Waals surface area contributed by atoms with Gasteiger partial charge in [-0.15, -0.1) is 0 Å². The van der Waals surface area contributed by atoms with Crippen LogP contribution in [0.2, 0.25) is 0 Å². The van der Waals surface area contributed by atoms with Gasteiger partial charge in [-0.2, -0.15) is 0 Å². The van der Waals surface area contributed by atoms with E-state index < -0.39 is 5.97 Å². The molecule has 2 aromatic carbocycles. The minimum absolute atomic E-state index is 0.343. The number of hydrogen-bond acceptors (Lipinski definition) is 8. The Morgan fingerprint density at radius 2 is 0.907 bits per heavy atom. The lowest BCUT2D eigenvalue weighted by atomic mass is 10.1. The summed E-state index contributed by atoms with van der Waals surface area (Å²) < 4.78 is 26.8. The maximum atomic E-state index is 12.3. The third-order valence-electron chi connectivity index (χ3n) is 8.45. The summed E-state index contributed by atoms with van der Waals surface area (Å²) in [5.74, 6) is 11.4. The molecule has 2 aromatic rings. The maximum Gasteiger partial charge on any atom is 0.390 e. The first-order chi connectivity index (χ1) is 26.5. The van der Waals surface area contributed by atoms with Gasteiger partial charge in [0.1, 0.15) is 18.1 Å². The maximum absolute atomic E-state index is 12.3. The van der Waals surface area contributed by atoms with Crippen molar-refractivity contribution in [2.75, 3.05) is 33.0 Å². The quantitative estimate of drug-likeness (QED) is 0.0267. The first-order valence-corrected chi connectivity index (χ1v) is 19.7. The van der Waals surface area contributed by atoms with Crippen molar-refractivity contribution in [2.24, 2.45) is 0 Å². The van der Waals surface area contributed by atoms with E-state index in [9.17, 15) is 14.4 Å². The van der Waals surface area contributed by atoms with Crippen LogP contribution in [0, 0.1) is 23.7 Å². The Morgan fingerprint density at radius 1 is 0.500 bits per heavy atom. The van der Waals surface area contributed by atoms with Crippen molar-refractivity contribution < 1.29 is 38.1 Å². The Balaban J connectivity index is 1.46. The van der Waals surface area contributed by atoms with Gasteiger partial charge in [0.2, 0.25) is 0 Å². The van der Waals surface area contributed by atoms with Crippen LogP contribution in [0.5, 0.6) is 11.5 Å². The van der Waals surface area contributed by atoms with Crippen LogP contribution in [0.25, 0.3) is 0 Å². The molecule has 0 aliphatic rings. The second kappa shape index (κ2) is 31.7. The Bertz CT molecular complexity index is 1470. The van der Waals surface area contributed by atoms with Crippen LogP contribution in [-0.2, 0) is 28.6 Å². The third-order valence-corrected chi connectivity index (χ3v) is 8.45. The Hall–Kier alpha value is -4.79. The van der Waals surface area contributed by atoms with Crippen molar-refractivity contribution in [1.82, 2.24) is 0 Å². The molecule has 0 atom stereocenters. The molecule has 0 bridgehead atoms. The fraction of sp³-hybridized carbons (Fsp3) is 0.500.